The van der Waals surface area contributed by atoms with Gasteiger partial charge in [0, 0.05) is 18.1 Å². The summed E-state index contributed by atoms with van der Waals surface area (Å²) < 4.78 is 0. The van der Waals surface area contributed by atoms with Crippen molar-refractivity contribution in [2.24, 2.45) is 11.7 Å². The molecule has 1 rings (SSSR count). The fraction of sp³-hybridized carbons (Fsp3) is 0.529. The Bertz CT molecular complexity index is 531. The van der Waals surface area contributed by atoms with Crippen LogP contribution in [0.1, 0.15) is 26.3 Å². The summed E-state index contributed by atoms with van der Waals surface area (Å²) in [5.41, 5.74) is 6.85. The van der Waals surface area contributed by atoms with Crippen LogP contribution < -0.4 is 11.1 Å². The van der Waals surface area contributed by atoms with Crippen molar-refractivity contribution in [1.82, 2.24) is 10.2 Å². The molecule has 2 amide bonds. The highest BCUT2D eigenvalue weighted by atomic mass is 35.5. The molecule has 5 nitrogen and oxygen atoms in total. The minimum atomic E-state index is -0.598. The van der Waals surface area contributed by atoms with Gasteiger partial charge < -0.3 is 16.0 Å². The minimum Gasteiger partial charge on any atom is -0.346 e. The number of nitrogens with zero attached hydrogens (tertiary/aromatic N) is 1. The summed E-state index contributed by atoms with van der Waals surface area (Å²) in [4.78, 5) is 25.6. The van der Waals surface area contributed by atoms with E-state index in [0.717, 1.165) is 12.0 Å². The molecule has 128 valence electrons. The van der Waals surface area contributed by atoms with Crippen LogP contribution in [0.15, 0.2) is 24.3 Å². The molecular formula is C17H26ClN3O2. The normalized spacial score (nSPS) is 13.5. The van der Waals surface area contributed by atoms with Crippen molar-refractivity contribution in [2.45, 2.75) is 39.3 Å². The van der Waals surface area contributed by atoms with E-state index in [4.69, 9.17) is 17.3 Å². The molecule has 2 atom stereocenters. The molecule has 0 radical (unpaired) electrons. The summed E-state index contributed by atoms with van der Waals surface area (Å²) in [7, 11) is 1.73. The standard InChI is InChI=1S/C17H26ClN3O2/c1-11(2)16(19)17(23)20-10-15(22)21(4)12(3)9-13-5-7-14(18)8-6-13/h5-8,11-12,16H,9-10,19H2,1-4H3,(H,20,23)/t12?,16-/m0/s1. The molecule has 0 bridgehead atoms. The summed E-state index contributed by atoms with van der Waals surface area (Å²) >= 11 is 5.86. The minimum absolute atomic E-state index is 0.0133. The average Bonchev–Trinajstić information content (AvgIpc) is 2.52. The lowest BCUT2D eigenvalue weighted by Gasteiger charge is -2.26. The van der Waals surface area contributed by atoms with Crippen LogP contribution in [0.3, 0.4) is 0 Å². The first kappa shape index (κ1) is 19.5. The van der Waals surface area contributed by atoms with Gasteiger partial charge in [-0.3, -0.25) is 9.59 Å². The molecule has 0 aromatic heterocycles. The highest BCUT2D eigenvalue weighted by Gasteiger charge is 2.20. The number of halogens is 1. The van der Waals surface area contributed by atoms with E-state index in [0.29, 0.717) is 5.02 Å². The predicted molar refractivity (Wildman–Crippen MR) is 93.2 cm³/mol. The second kappa shape index (κ2) is 8.89. The van der Waals surface area contributed by atoms with Crippen molar-refractivity contribution in [3.63, 3.8) is 0 Å². The first-order chi connectivity index (χ1) is 10.7. The van der Waals surface area contributed by atoms with Gasteiger partial charge in [-0.15, -0.1) is 0 Å². The molecule has 0 heterocycles. The molecule has 0 saturated carbocycles. The quantitative estimate of drug-likeness (QED) is 0.795. The number of hydrogen-bond acceptors (Lipinski definition) is 3. The smallest absolute Gasteiger partial charge is 0.241 e. The molecule has 6 heteroatoms. The van der Waals surface area contributed by atoms with E-state index >= 15 is 0 Å². The Morgan fingerprint density at radius 2 is 1.78 bits per heavy atom. The van der Waals surface area contributed by atoms with E-state index < -0.39 is 6.04 Å². The van der Waals surface area contributed by atoms with E-state index in [1.54, 1.807) is 11.9 Å². The van der Waals surface area contributed by atoms with Crippen molar-refractivity contribution in [2.75, 3.05) is 13.6 Å². The Kier molecular flexibility index (Phi) is 7.52. The first-order valence-electron chi connectivity index (χ1n) is 7.75. The van der Waals surface area contributed by atoms with Gasteiger partial charge in [-0.2, -0.15) is 0 Å². The Balaban J connectivity index is 2.49. The van der Waals surface area contributed by atoms with E-state index in [2.05, 4.69) is 5.32 Å². The number of carbonyl (C=O) groups is 2. The Hall–Kier alpha value is -1.59. The lowest BCUT2D eigenvalue weighted by Crippen LogP contribution is -2.48. The number of rotatable bonds is 7. The monoisotopic (exact) mass is 339 g/mol. The van der Waals surface area contributed by atoms with Crippen LogP contribution in [0.5, 0.6) is 0 Å². The molecule has 1 aromatic carbocycles. The third kappa shape index (κ3) is 6.20. The fourth-order valence-electron chi connectivity index (χ4n) is 2.05. The summed E-state index contributed by atoms with van der Waals surface area (Å²) in [6.07, 6.45) is 0.721. The van der Waals surface area contributed by atoms with Gasteiger partial charge in [0.2, 0.25) is 11.8 Å². The topological polar surface area (TPSA) is 75.4 Å². The largest absolute Gasteiger partial charge is 0.346 e. The van der Waals surface area contributed by atoms with E-state index in [1.807, 2.05) is 45.0 Å². The third-order valence-electron chi connectivity index (χ3n) is 3.93. The molecule has 1 unspecified atom stereocenters. The maximum atomic E-state index is 12.2. The molecule has 1 aromatic rings. The van der Waals surface area contributed by atoms with Gasteiger partial charge in [0.1, 0.15) is 0 Å². The summed E-state index contributed by atoms with van der Waals surface area (Å²) in [6, 6.07) is 6.97. The number of benzene rings is 1. The number of nitrogens with one attached hydrogen (secondary N) is 1. The van der Waals surface area contributed by atoms with Crippen LogP contribution in [0, 0.1) is 5.92 Å². The van der Waals surface area contributed by atoms with Crippen LogP contribution >= 0.6 is 11.6 Å². The van der Waals surface area contributed by atoms with Crippen LogP contribution in [-0.2, 0) is 16.0 Å². The molecule has 0 aliphatic carbocycles. The lowest BCUT2D eigenvalue weighted by atomic mass is 10.0. The van der Waals surface area contributed by atoms with Gasteiger partial charge in [-0.1, -0.05) is 37.6 Å². The van der Waals surface area contributed by atoms with E-state index in [-0.39, 0.29) is 30.3 Å². The number of hydrogen-bond donors (Lipinski definition) is 2. The van der Waals surface area contributed by atoms with Crippen molar-refractivity contribution in [3.05, 3.63) is 34.9 Å². The Morgan fingerprint density at radius 3 is 2.30 bits per heavy atom. The molecule has 0 spiro atoms. The molecule has 23 heavy (non-hydrogen) atoms. The maximum absolute atomic E-state index is 12.2. The van der Waals surface area contributed by atoms with Crippen molar-refractivity contribution in [1.29, 1.82) is 0 Å². The molecular weight excluding hydrogens is 314 g/mol. The number of likely N-dealkylation sites (N-methyl/N-ethyl adjacent to an activating group) is 1. The summed E-state index contributed by atoms with van der Waals surface area (Å²) in [5, 5.41) is 3.29. The van der Waals surface area contributed by atoms with Crippen molar-refractivity contribution >= 4 is 23.4 Å². The van der Waals surface area contributed by atoms with Gasteiger partial charge in [0.15, 0.2) is 0 Å². The highest BCUT2D eigenvalue weighted by molar-refractivity contribution is 6.30. The number of nitrogens with two attached hydrogens (primary N) is 1. The summed E-state index contributed by atoms with van der Waals surface area (Å²) in [5.74, 6) is -0.408. The molecule has 0 aliphatic rings. The summed E-state index contributed by atoms with van der Waals surface area (Å²) in [6.45, 7) is 5.66. The molecule has 0 aliphatic heterocycles. The second-order valence-electron chi connectivity index (χ2n) is 6.17. The third-order valence-corrected chi connectivity index (χ3v) is 4.19. The number of carbonyl (C=O) groups excluding carboxylic acids is 2. The number of amides is 2. The zero-order valence-electron chi connectivity index (χ0n) is 14.2. The Labute approximate surface area is 143 Å². The van der Waals surface area contributed by atoms with Gasteiger partial charge >= 0.3 is 0 Å². The Morgan fingerprint density at radius 1 is 1.22 bits per heavy atom. The zero-order chi connectivity index (χ0) is 17.6. The second-order valence-corrected chi connectivity index (χ2v) is 6.61. The van der Waals surface area contributed by atoms with Crippen molar-refractivity contribution in [3.8, 4) is 0 Å². The molecule has 0 saturated heterocycles. The zero-order valence-corrected chi connectivity index (χ0v) is 14.9. The fourth-order valence-corrected chi connectivity index (χ4v) is 2.18. The van der Waals surface area contributed by atoms with Gasteiger partial charge in [-0.25, -0.2) is 0 Å². The molecule has 0 fully saturated rings. The van der Waals surface area contributed by atoms with E-state index in [9.17, 15) is 9.59 Å². The average molecular weight is 340 g/mol. The predicted octanol–water partition coefficient (Wildman–Crippen LogP) is 1.83. The van der Waals surface area contributed by atoms with E-state index in [1.165, 1.54) is 0 Å². The van der Waals surface area contributed by atoms with Gasteiger partial charge in [-0.05, 0) is 37.0 Å². The lowest BCUT2D eigenvalue weighted by molar-refractivity contribution is -0.133. The van der Waals surface area contributed by atoms with Crippen molar-refractivity contribution < 1.29 is 9.59 Å². The SMILES string of the molecule is CC(C)[C@H](N)C(=O)NCC(=O)N(C)C(C)Cc1ccc(Cl)cc1. The van der Waals surface area contributed by atoms with Gasteiger partial charge in [0.25, 0.3) is 0 Å². The maximum Gasteiger partial charge on any atom is 0.241 e. The van der Waals surface area contributed by atoms with Crippen LogP contribution in [0.2, 0.25) is 5.02 Å². The van der Waals surface area contributed by atoms with Crippen LogP contribution in [0.4, 0.5) is 0 Å². The first-order valence-corrected chi connectivity index (χ1v) is 8.13. The highest BCUT2D eigenvalue weighted by Crippen LogP contribution is 2.12. The van der Waals surface area contributed by atoms with Crippen LogP contribution in [-0.4, -0.2) is 42.4 Å². The van der Waals surface area contributed by atoms with Crippen LogP contribution in [0.25, 0.3) is 0 Å². The van der Waals surface area contributed by atoms with Gasteiger partial charge in [0.05, 0.1) is 12.6 Å². The molecule has 3 N–H and O–H groups in total.